The zero-order valence-electron chi connectivity index (χ0n) is 9.69. The van der Waals surface area contributed by atoms with Gasteiger partial charge in [-0.25, -0.2) is 0 Å². The van der Waals surface area contributed by atoms with Crippen LogP contribution in [0.15, 0.2) is 23.1 Å². The standard InChI is InChI=1S/C12H18N2OS/c1-8(2)5-6-16-11-7-9(12(14)15)3-4-10(11)13/h3-4,7-8H,5-6,13H2,1-2H3,(H2,14,15). The van der Waals surface area contributed by atoms with E-state index in [-0.39, 0.29) is 0 Å². The lowest BCUT2D eigenvalue weighted by atomic mass is 10.2. The average Bonchev–Trinajstić information content (AvgIpc) is 2.20. The maximum Gasteiger partial charge on any atom is 0.248 e. The molecule has 0 heterocycles. The Morgan fingerprint density at radius 1 is 1.44 bits per heavy atom. The number of nitrogen functional groups attached to an aromatic ring is 1. The van der Waals surface area contributed by atoms with Crippen molar-refractivity contribution in [2.45, 2.75) is 25.2 Å². The van der Waals surface area contributed by atoms with Gasteiger partial charge in [0.15, 0.2) is 0 Å². The molecule has 0 aliphatic heterocycles. The number of carbonyl (C=O) groups is 1. The van der Waals surface area contributed by atoms with Gasteiger partial charge in [0.1, 0.15) is 0 Å². The van der Waals surface area contributed by atoms with E-state index in [0.29, 0.717) is 17.2 Å². The minimum atomic E-state index is -0.411. The summed E-state index contributed by atoms with van der Waals surface area (Å²) in [6, 6.07) is 5.16. The molecular formula is C12H18N2OS. The summed E-state index contributed by atoms with van der Waals surface area (Å²) in [5.74, 6) is 1.27. The van der Waals surface area contributed by atoms with Crippen LogP contribution in [0.4, 0.5) is 5.69 Å². The molecule has 0 unspecified atom stereocenters. The largest absolute Gasteiger partial charge is 0.398 e. The third-order valence-electron chi connectivity index (χ3n) is 2.25. The van der Waals surface area contributed by atoms with Crippen LogP contribution in [0.25, 0.3) is 0 Å². The first-order chi connectivity index (χ1) is 7.50. The number of primary amides is 1. The molecule has 0 atom stereocenters. The van der Waals surface area contributed by atoms with Gasteiger partial charge in [0.05, 0.1) is 0 Å². The zero-order chi connectivity index (χ0) is 12.1. The second-order valence-corrected chi connectivity index (χ2v) is 5.28. The van der Waals surface area contributed by atoms with Crippen LogP contribution in [0.1, 0.15) is 30.6 Å². The normalized spacial score (nSPS) is 10.7. The molecular weight excluding hydrogens is 220 g/mol. The van der Waals surface area contributed by atoms with Gasteiger partial charge in [0, 0.05) is 16.1 Å². The van der Waals surface area contributed by atoms with Gasteiger partial charge >= 0.3 is 0 Å². The van der Waals surface area contributed by atoms with E-state index in [1.165, 1.54) is 0 Å². The minimum Gasteiger partial charge on any atom is -0.398 e. The third kappa shape index (κ3) is 3.77. The topological polar surface area (TPSA) is 69.1 Å². The van der Waals surface area contributed by atoms with Gasteiger partial charge in [-0.3, -0.25) is 4.79 Å². The van der Waals surface area contributed by atoms with Gasteiger partial charge < -0.3 is 11.5 Å². The predicted molar refractivity (Wildman–Crippen MR) is 69.6 cm³/mol. The van der Waals surface area contributed by atoms with E-state index >= 15 is 0 Å². The van der Waals surface area contributed by atoms with E-state index in [2.05, 4.69) is 13.8 Å². The number of hydrogen-bond donors (Lipinski definition) is 2. The highest BCUT2D eigenvalue weighted by atomic mass is 32.2. The Balaban J connectivity index is 2.70. The minimum absolute atomic E-state index is 0.411. The fourth-order valence-corrected chi connectivity index (χ4v) is 2.47. The van der Waals surface area contributed by atoms with Crippen LogP contribution in [-0.2, 0) is 0 Å². The second-order valence-electron chi connectivity index (χ2n) is 4.15. The Kier molecular flexibility index (Phi) is 4.68. The van der Waals surface area contributed by atoms with Crippen LogP contribution >= 0.6 is 11.8 Å². The van der Waals surface area contributed by atoms with Crippen molar-refractivity contribution in [2.75, 3.05) is 11.5 Å². The fourth-order valence-electron chi connectivity index (χ4n) is 1.22. The van der Waals surface area contributed by atoms with Crippen molar-refractivity contribution in [2.24, 2.45) is 11.7 Å². The van der Waals surface area contributed by atoms with Gasteiger partial charge in [-0.1, -0.05) is 13.8 Å². The Morgan fingerprint density at radius 2 is 2.12 bits per heavy atom. The predicted octanol–water partition coefficient (Wildman–Crippen LogP) is 2.51. The van der Waals surface area contributed by atoms with Crippen LogP contribution in [-0.4, -0.2) is 11.7 Å². The van der Waals surface area contributed by atoms with Gasteiger partial charge in [-0.15, -0.1) is 11.8 Å². The Morgan fingerprint density at radius 3 is 2.69 bits per heavy atom. The van der Waals surface area contributed by atoms with Gasteiger partial charge in [0.2, 0.25) is 5.91 Å². The molecule has 1 rings (SSSR count). The molecule has 0 saturated heterocycles. The molecule has 16 heavy (non-hydrogen) atoms. The van der Waals surface area contributed by atoms with Crippen molar-refractivity contribution < 1.29 is 4.79 Å². The number of benzene rings is 1. The monoisotopic (exact) mass is 238 g/mol. The van der Waals surface area contributed by atoms with Crippen molar-refractivity contribution in [3.63, 3.8) is 0 Å². The molecule has 88 valence electrons. The van der Waals surface area contributed by atoms with E-state index in [0.717, 1.165) is 17.1 Å². The van der Waals surface area contributed by atoms with Gasteiger partial charge in [-0.05, 0) is 36.3 Å². The molecule has 0 saturated carbocycles. The summed E-state index contributed by atoms with van der Waals surface area (Å²) in [5.41, 5.74) is 12.3. The third-order valence-corrected chi connectivity index (χ3v) is 3.36. The summed E-state index contributed by atoms with van der Waals surface area (Å²) in [6.45, 7) is 4.37. The number of anilines is 1. The molecule has 0 fully saturated rings. The molecule has 1 aromatic carbocycles. The molecule has 0 spiro atoms. The smallest absolute Gasteiger partial charge is 0.248 e. The number of hydrogen-bond acceptors (Lipinski definition) is 3. The first-order valence-electron chi connectivity index (χ1n) is 5.33. The van der Waals surface area contributed by atoms with Crippen molar-refractivity contribution in [1.29, 1.82) is 0 Å². The molecule has 4 N–H and O–H groups in total. The molecule has 0 aliphatic rings. The average molecular weight is 238 g/mol. The van der Waals surface area contributed by atoms with Crippen LogP contribution in [0.2, 0.25) is 0 Å². The van der Waals surface area contributed by atoms with E-state index in [4.69, 9.17) is 11.5 Å². The van der Waals surface area contributed by atoms with Crippen LogP contribution in [0, 0.1) is 5.92 Å². The first kappa shape index (κ1) is 12.9. The van der Waals surface area contributed by atoms with Crippen LogP contribution in [0.5, 0.6) is 0 Å². The Bertz CT molecular complexity index is 377. The fraction of sp³-hybridized carbons (Fsp3) is 0.417. The quantitative estimate of drug-likeness (QED) is 0.611. The molecule has 4 heteroatoms. The van der Waals surface area contributed by atoms with Crippen molar-refractivity contribution in [1.82, 2.24) is 0 Å². The summed E-state index contributed by atoms with van der Waals surface area (Å²) in [4.78, 5) is 12.0. The van der Waals surface area contributed by atoms with E-state index in [1.54, 1.807) is 30.0 Å². The lowest BCUT2D eigenvalue weighted by Gasteiger charge is -2.08. The lowest BCUT2D eigenvalue weighted by molar-refractivity contribution is 0.1000. The molecule has 0 bridgehead atoms. The summed E-state index contributed by atoms with van der Waals surface area (Å²) in [7, 11) is 0. The summed E-state index contributed by atoms with van der Waals surface area (Å²) in [6.07, 6.45) is 1.13. The number of carbonyl (C=O) groups excluding carboxylic acids is 1. The zero-order valence-corrected chi connectivity index (χ0v) is 10.5. The second kappa shape index (κ2) is 5.80. The van der Waals surface area contributed by atoms with E-state index in [9.17, 15) is 4.79 Å². The van der Waals surface area contributed by atoms with Crippen LogP contribution in [0.3, 0.4) is 0 Å². The summed E-state index contributed by atoms with van der Waals surface area (Å²) in [5, 5.41) is 0. The molecule has 0 radical (unpaired) electrons. The van der Waals surface area contributed by atoms with Crippen molar-refractivity contribution in [3.05, 3.63) is 23.8 Å². The van der Waals surface area contributed by atoms with Crippen molar-refractivity contribution in [3.8, 4) is 0 Å². The molecule has 3 nitrogen and oxygen atoms in total. The molecule has 0 aliphatic carbocycles. The summed E-state index contributed by atoms with van der Waals surface area (Å²) >= 11 is 1.67. The highest BCUT2D eigenvalue weighted by molar-refractivity contribution is 7.99. The summed E-state index contributed by atoms with van der Waals surface area (Å²) < 4.78 is 0. The highest BCUT2D eigenvalue weighted by Crippen LogP contribution is 2.27. The van der Waals surface area contributed by atoms with E-state index < -0.39 is 5.91 Å². The number of nitrogens with two attached hydrogens (primary N) is 2. The molecule has 1 aromatic rings. The maximum absolute atomic E-state index is 11.0. The Labute approximate surface area is 101 Å². The number of amides is 1. The number of thioether (sulfide) groups is 1. The molecule has 0 aromatic heterocycles. The van der Waals surface area contributed by atoms with Gasteiger partial charge in [0.25, 0.3) is 0 Å². The van der Waals surface area contributed by atoms with Crippen molar-refractivity contribution >= 4 is 23.4 Å². The maximum atomic E-state index is 11.0. The SMILES string of the molecule is CC(C)CCSc1cc(C(N)=O)ccc1N. The lowest BCUT2D eigenvalue weighted by Crippen LogP contribution is -2.11. The number of rotatable bonds is 5. The first-order valence-corrected chi connectivity index (χ1v) is 6.31. The van der Waals surface area contributed by atoms with Gasteiger partial charge in [-0.2, -0.15) is 0 Å². The van der Waals surface area contributed by atoms with Crippen LogP contribution < -0.4 is 11.5 Å². The molecule has 1 amide bonds. The van der Waals surface area contributed by atoms with E-state index in [1.807, 2.05) is 0 Å². The Hall–Kier alpha value is -1.16. The highest BCUT2D eigenvalue weighted by Gasteiger charge is 2.06.